The van der Waals surface area contributed by atoms with Gasteiger partial charge in [-0.2, -0.15) is 0 Å². The van der Waals surface area contributed by atoms with E-state index in [9.17, 15) is 19.2 Å². The van der Waals surface area contributed by atoms with Gasteiger partial charge in [-0.3, -0.25) is 29.4 Å². The van der Waals surface area contributed by atoms with Gasteiger partial charge in [0.15, 0.2) is 0 Å². The highest BCUT2D eigenvalue weighted by Crippen LogP contribution is 2.36. The maximum Gasteiger partial charge on any atom is 0.264 e. The maximum atomic E-state index is 13.1. The number of hydrogen-bond donors (Lipinski definition) is 2. The van der Waals surface area contributed by atoms with Gasteiger partial charge in [0.1, 0.15) is 17.5 Å². The predicted octanol–water partition coefficient (Wildman–Crippen LogP) is 1.85. The van der Waals surface area contributed by atoms with Crippen LogP contribution in [0.1, 0.15) is 33.6 Å². The number of rotatable bonds is 5. The lowest BCUT2D eigenvalue weighted by Crippen LogP contribution is -2.54. The minimum atomic E-state index is -1.02. The van der Waals surface area contributed by atoms with E-state index in [2.05, 4.69) is 10.6 Å². The van der Waals surface area contributed by atoms with Gasteiger partial charge in [-0.1, -0.05) is 6.07 Å². The van der Waals surface area contributed by atoms with E-state index in [1.54, 1.807) is 37.4 Å². The van der Waals surface area contributed by atoms with Crippen molar-refractivity contribution >= 4 is 35.0 Å². The first-order valence-corrected chi connectivity index (χ1v) is 9.28. The number of nitrogens with one attached hydrogen (secondary N) is 2. The zero-order valence-electron chi connectivity index (χ0n) is 16.4. The van der Waals surface area contributed by atoms with Crippen molar-refractivity contribution in [1.29, 1.82) is 0 Å². The van der Waals surface area contributed by atoms with Crippen molar-refractivity contribution in [2.45, 2.75) is 18.9 Å². The lowest BCUT2D eigenvalue weighted by molar-refractivity contribution is -0.136. The molecular weight excluding hydrogens is 390 g/mol. The Hall–Kier alpha value is -3.88. The number of nitrogens with zero attached hydrogens (tertiary/aromatic N) is 1. The van der Waals surface area contributed by atoms with Crippen LogP contribution in [0, 0.1) is 0 Å². The molecule has 2 aromatic carbocycles. The molecule has 0 saturated carbocycles. The molecule has 2 heterocycles. The standard InChI is InChI=1S/C21H19N3O6/c1-29-11-6-7-13(16(10-11)30-2)22-14-5-3-4-12-18(14)21(28)24(20(12)27)15-8-9-17(25)23-19(15)26/h3-7,10,15,22H,8-9H2,1-2H3,(H,23,25,26). The molecule has 30 heavy (non-hydrogen) atoms. The van der Waals surface area contributed by atoms with Crippen molar-refractivity contribution < 1.29 is 28.7 Å². The Kier molecular flexibility index (Phi) is 4.86. The molecule has 0 aromatic heterocycles. The van der Waals surface area contributed by atoms with E-state index >= 15 is 0 Å². The Labute approximate surface area is 171 Å². The summed E-state index contributed by atoms with van der Waals surface area (Å²) < 4.78 is 10.6. The largest absolute Gasteiger partial charge is 0.497 e. The molecule has 0 radical (unpaired) electrons. The zero-order valence-corrected chi connectivity index (χ0v) is 16.4. The summed E-state index contributed by atoms with van der Waals surface area (Å²) in [7, 11) is 3.05. The summed E-state index contributed by atoms with van der Waals surface area (Å²) in [6.07, 6.45) is 0.170. The van der Waals surface area contributed by atoms with Crippen molar-refractivity contribution in [2.24, 2.45) is 0 Å². The molecule has 1 fully saturated rings. The highest BCUT2D eigenvalue weighted by atomic mass is 16.5. The Bertz CT molecular complexity index is 1080. The molecule has 2 aromatic rings. The second-order valence-electron chi connectivity index (χ2n) is 6.87. The molecule has 0 spiro atoms. The van der Waals surface area contributed by atoms with E-state index in [0.717, 1.165) is 4.90 Å². The van der Waals surface area contributed by atoms with Gasteiger partial charge in [0.2, 0.25) is 11.8 Å². The third-order valence-corrected chi connectivity index (χ3v) is 5.15. The fourth-order valence-electron chi connectivity index (χ4n) is 3.67. The van der Waals surface area contributed by atoms with E-state index in [0.29, 0.717) is 22.9 Å². The average molecular weight is 409 g/mol. The second kappa shape index (κ2) is 7.51. The molecule has 1 unspecified atom stereocenters. The molecule has 4 rings (SSSR count). The first kappa shape index (κ1) is 19.4. The van der Waals surface area contributed by atoms with Crippen LogP contribution in [0.15, 0.2) is 36.4 Å². The van der Waals surface area contributed by atoms with Gasteiger partial charge in [0.05, 0.1) is 36.7 Å². The highest BCUT2D eigenvalue weighted by molar-refractivity contribution is 6.25. The van der Waals surface area contributed by atoms with Crippen LogP contribution in [0.25, 0.3) is 0 Å². The minimum Gasteiger partial charge on any atom is -0.497 e. The molecule has 2 N–H and O–H groups in total. The number of ether oxygens (including phenoxy) is 2. The van der Waals surface area contributed by atoms with E-state index in [1.165, 1.54) is 13.2 Å². The molecule has 0 bridgehead atoms. The number of piperidine rings is 1. The van der Waals surface area contributed by atoms with Gasteiger partial charge in [-0.15, -0.1) is 0 Å². The monoisotopic (exact) mass is 409 g/mol. The van der Waals surface area contributed by atoms with Crippen molar-refractivity contribution in [3.63, 3.8) is 0 Å². The number of imide groups is 2. The van der Waals surface area contributed by atoms with Crippen LogP contribution in [0.5, 0.6) is 11.5 Å². The Morgan fingerprint density at radius 1 is 1.00 bits per heavy atom. The van der Waals surface area contributed by atoms with E-state index in [-0.39, 0.29) is 24.0 Å². The summed E-state index contributed by atoms with van der Waals surface area (Å²) in [5, 5.41) is 5.32. The van der Waals surface area contributed by atoms with Crippen molar-refractivity contribution in [1.82, 2.24) is 10.2 Å². The van der Waals surface area contributed by atoms with Gasteiger partial charge in [0.25, 0.3) is 11.8 Å². The van der Waals surface area contributed by atoms with Gasteiger partial charge < -0.3 is 14.8 Å². The number of methoxy groups -OCH3 is 2. The second-order valence-corrected chi connectivity index (χ2v) is 6.87. The van der Waals surface area contributed by atoms with Crippen LogP contribution in [0.2, 0.25) is 0 Å². The summed E-state index contributed by atoms with van der Waals surface area (Å²) in [6, 6.07) is 9.00. The third-order valence-electron chi connectivity index (χ3n) is 5.15. The predicted molar refractivity (Wildman–Crippen MR) is 106 cm³/mol. The number of carbonyl (C=O) groups is 4. The highest BCUT2D eigenvalue weighted by Gasteiger charge is 2.45. The Morgan fingerprint density at radius 3 is 2.50 bits per heavy atom. The summed E-state index contributed by atoms with van der Waals surface area (Å²) >= 11 is 0. The summed E-state index contributed by atoms with van der Waals surface area (Å²) in [6.45, 7) is 0. The smallest absolute Gasteiger partial charge is 0.264 e. The number of anilines is 2. The van der Waals surface area contributed by atoms with Crippen LogP contribution >= 0.6 is 0 Å². The Balaban J connectivity index is 1.69. The molecule has 1 atom stereocenters. The number of hydrogen-bond acceptors (Lipinski definition) is 7. The van der Waals surface area contributed by atoms with Gasteiger partial charge in [0, 0.05) is 12.5 Å². The summed E-state index contributed by atoms with van der Waals surface area (Å²) in [5.41, 5.74) is 1.35. The number of benzene rings is 2. The van der Waals surface area contributed by atoms with Gasteiger partial charge >= 0.3 is 0 Å². The molecular formula is C21H19N3O6. The summed E-state index contributed by atoms with van der Waals surface area (Å²) in [5.74, 6) is -1.11. The SMILES string of the molecule is COc1ccc(Nc2cccc3c2C(=O)N(C2CCC(=O)NC2=O)C3=O)c(OC)c1. The molecule has 1 saturated heterocycles. The maximum absolute atomic E-state index is 13.1. The Morgan fingerprint density at radius 2 is 1.80 bits per heavy atom. The topological polar surface area (TPSA) is 114 Å². The molecule has 2 aliphatic heterocycles. The van der Waals surface area contributed by atoms with Crippen LogP contribution < -0.4 is 20.1 Å². The van der Waals surface area contributed by atoms with Gasteiger partial charge in [-0.05, 0) is 30.7 Å². The average Bonchev–Trinajstić information content (AvgIpc) is 3.00. The lowest BCUT2D eigenvalue weighted by atomic mass is 10.0. The third kappa shape index (κ3) is 3.14. The molecule has 154 valence electrons. The minimum absolute atomic E-state index is 0.0674. The molecule has 4 amide bonds. The van der Waals surface area contributed by atoms with E-state index in [1.807, 2.05) is 0 Å². The molecule has 9 heteroatoms. The quantitative estimate of drug-likeness (QED) is 0.725. The number of fused-ring (bicyclic) bond motifs is 1. The van der Waals surface area contributed by atoms with Gasteiger partial charge in [-0.25, -0.2) is 0 Å². The van der Waals surface area contributed by atoms with E-state index < -0.39 is 29.7 Å². The molecule has 2 aliphatic rings. The number of amides is 4. The zero-order chi connectivity index (χ0) is 21.4. The normalized spacial score (nSPS) is 18.2. The van der Waals surface area contributed by atoms with Crippen LogP contribution in [0.4, 0.5) is 11.4 Å². The van der Waals surface area contributed by atoms with Crippen molar-refractivity contribution in [3.8, 4) is 11.5 Å². The van der Waals surface area contributed by atoms with Crippen LogP contribution in [-0.4, -0.2) is 48.8 Å². The van der Waals surface area contributed by atoms with Crippen molar-refractivity contribution in [2.75, 3.05) is 19.5 Å². The molecule has 9 nitrogen and oxygen atoms in total. The fourth-order valence-corrected chi connectivity index (χ4v) is 3.67. The lowest BCUT2D eigenvalue weighted by Gasteiger charge is -2.27. The van der Waals surface area contributed by atoms with Crippen LogP contribution in [0.3, 0.4) is 0 Å². The molecule has 0 aliphatic carbocycles. The first-order valence-electron chi connectivity index (χ1n) is 9.28. The van der Waals surface area contributed by atoms with Crippen LogP contribution in [-0.2, 0) is 9.59 Å². The van der Waals surface area contributed by atoms with Crippen molar-refractivity contribution in [3.05, 3.63) is 47.5 Å². The number of carbonyl (C=O) groups excluding carboxylic acids is 4. The van der Waals surface area contributed by atoms with E-state index in [4.69, 9.17) is 9.47 Å². The first-order chi connectivity index (χ1) is 14.4. The fraction of sp³-hybridized carbons (Fsp3) is 0.238. The summed E-state index contributed by atoms with van der Waals surface area (Å²) in [4.78, 5) is 50.7.